The second kappa shape index (κ2) is 9.26. The molecule has 2 aromatic carbocycles. The zero-order valence-electron chi connectivity index (χ0n) is 15.9. The number of anilines is 1. The monoisotopic (exact) mass is 446 g/mol. The lowest BCUT2D eigenvalue weighted by molar-refractivity contribution is -0.153. The van der Waals surface area contributed by atoms with Gasteiger partial charge >= 0.3 is 6.18 Å². The lowest BCUT2D eigenvalue weighted by Gasteiger charge is -2.13. The van der Waals surface area contributed by atoms with E-state index >= 15 is 0 Å². The van der Waals surface area contributed by atoms with Crippen LogP contribution in [0.1, 0.15) is 5.56 Å². The molecule has 0 aliphatic carbocycles. The molecule has 0 fully saturated rings. The van der Waals surface area contributed by atoms with E-state index in [1.165, 1.54) is 44.4 Å². The molecule has 0 unspecified atom stereocenters. The quantitative estimate of drug-likeness (QED) is 0.520. The van der Waals surface area contributed by atoms with Crippen molar-refractivity contribution in [3.8, 4) is 5.75 Å². The molecule has 0 atom stereocenters. The molecule has 11 heteroatoms. The van der Waals surface area contributed by atoms with Crippen LogP contribution in [0.25, 0.3) is 6.08 Å². The number of sulfonamides is 1. The van der Waals surface area contributed by atoms with E-state index in [9.17, 15) is 30.8 Å². The number of carbonyl (C=O) groups excluding carboxylic acids is 1. The first-order valence-corrected chi connectivity index (χ1v) is 9.83. The van der Waals surface area contributed by atoms with Gasteiger partial charge in [-0.05, 0) is 35.9 Å². The maximum Gasteiger partial charge on any atom is 0.422 e. The van der Waals surface area contributed by atoms with Gasteiger partial charge in [0.2, 0.25) is 15.9 Å². The van der Waals surface area contributed by atoms with Gasteiger partial charge in [0.15, 0.2) is 6.61 Å². The van der Waals surface area contributed by atoms with Crippen molar-refractivity contribution in [2.45, 2.75) is 11.1 Å². The van der Waals surface area contributed by atoms with E-state index in [4.69, 9.17) is 0 Å². The predicted octanol–water partition coefficient (Wildman–Crippen LogP) is 3.67. The minimum Gasteiger partial charge on any atom is -0.482 e. The fourth-order valence-corrected chi connectivity index (χ4v) is 3.09. The highest BCUT2D eigenvalue weighted by atomic mass is 32.2. The highest BCUT2D eigenvalue weighted by Gasteiger charge is 2.29. The van der Waals surface area contributed by atoms with Crippen LogP contribution in [0.3, 0.4) is 0 Å². The van der Waals surface area contributed by atoms with E-state index in [1.54, 1.807) is 0 Å². The first kappa shape index (κ1) is 23.4. The zero-order chi connectivity index (χ0) is 22.5. The normalized spacial score (nSPS) is 12.4. The Hall–Kier alpha value is -2.92. The van der Waals surface area contributed by atoms with Gasteiger partial charge in [-0.15, -0.1) is 0 Å². The van der Waals surface area contributed by atoms with Crippen molar-refractivity contribution in [2.75, 3.05) is 26.0 Å². The number of amides is 1. The molecule has 0 aliphatic rings. The average molecular weight is 446 g/mol. The number of nitrogens with one attached hydrogen (secondary N) is 1. The van der Waals surface area contributed by atoms with Crippen molar-refractivity contribution >= 4 is 27.7 Å². The van der Waals surface area contributed by atoms with Crippen LogP contribution in [0.2, 0.25) is 0 Å². The summed E-state index contributed by atoms with van der Waals surface area (Å²) >= 11 is 0. The molecule has 162 valence electrons. The van der Waals surface area contributed by atoms with E-state index < -0.39 is 40.3 Å². The van der Waals surface area contributed by atoms with Crippen LogP contribution in [0.15, 0.2) is 53.4 Å². The fourth-order valence-electron chi connectivity index (χ4n) is 2.19. The van der Waals surface area contributed by atoms with Gasteiger partial charge in [0.1, 0.15) is 11.6 Å². The predicted molar refractivity (Wildman–Crippen MR) is 103 cm³/mol. The highest BCUT2D eigenvalue weighted by Crippen LogP contribution is 2.27. The van der Waals surface area contributed by atoms with Gasteiger partial charge in [0, 0.05) is 26.2 Å². The van der Waals surface area contributed by atoms with Crippen LogP contribution in [0.4, 0.5) is 23.2 Å². The third-order valence-corrected chi connectivity index (χ3v) is 5.51. The number of benzene rings is 2. The van der Waals surface area contributed by atoms with E-state index in [-0.39, 0.29) is 10.6 Å². The van der Waals surface area contributed by atoms with Gasteiger partial charge < -0.3 is 10.1 Å². The van der Waals surface area contributed by atoms with Gasteiger partial charge in [-0.3, -0.25) is 4.79 Å². The highest BCUT2D eigenvalue weighted by molar-refractivity contribution is 7.89. The van der Waals surface area contributed by atoms with Gasteiger partial charge in [-0.2, -0.15) is 13.2 Å². The number of hydrogen-bond donors (Lipinski definition) is 1. The molecule has 0 heterocycles. The number of nitrogens with zero attached hydrogens (tertiary/aromatic N) is 1. The molecular weight excluding hydrogens is 428 g/mol. The summed E-state index contributed by atoms with van der Waals surface area (Å²) in [5.41, 5.74) is 0.373. The number of alkyl halides is 3. The second-order valence-electron chi connectivity index (χ2n) is 6.22. The van der Waals surface area contributed by atoms with Crippen LogP contribution in [-0.4, -0.2) is 45.5 Å². The maximum absolute atomic E-state index is 13.3. The number of rotatable bonds is 7. The third kappa shape index (κ3) is 6.56. The van der Waals surface area contributed by atoms with Crippen molar-refractivity contribution in [1.82, 2.24) is 4.31 Å². The Morgan fingerprint density at radius 1 is 1.13 bits per heavy atom. The van der Waals surface area contributed by atoms with Crippen LogP contribution in [0, 0.1) is 5.82 Å². The Labute approximate surface area is 170 Å². The first-order chi connectivity index (χ1) is 13.9. The van der Waals surface area contributed by atoms with Gasteiger partial charge in [0.25, 0.3) is 0 Å². The molecule has 1 amide bonds. The summed E-state index contributed by atoms with van der Waals surface area (Å²) in [4.78, 5) is 12.1. The van der Waals surface area contributed by atoms with Crippen molar-refractivity contribution in [3.63, 3.8) is 0 Å². The van der Waals surface area contributed by atoms with E-state index in [0.717, 1.165) is 28.6 Å². The molecule has 0 aromatic heterocycles. The van der Waals surface area contributed by atoms with Crippen molar-refractivity contribution < 1.29 is 35.5 Å². The lowest BCUT2D eigenvalue weighted by Crippen LogP contribution is -2.22. The summed E-state index contributed by atoms with van der Waals surface area (Å²) in [5, 5.41) is 2.31. The summed E-state index contributed by atoms with van der Waals surface area (Å²) in [6.07, 6.45) is -2.16. The number of hydrogen-bond acceptors (Lipinski definition) is 4. The van der Waals surface area contributed by atoms with E-state index in [0.29, 0.717) is 5.56 Å². The molecule has 1 N–H and O–H groups in total. The average Bonchev–Trinajstić information content (AvgIpc) is 2.66. The molecule has 0 spiro atoms. The Kier molecular flexibility index (Phi) is 7.21. The second-order valence-corrected chi connectivity index (χ2v) is 8.38. The molecule has 0 saturated heterocycles. The molecule has 0 radical (unpaired) electrons. The molecule has 0 bridgehead atoms. The molecule has 2 aromatic rings. The van der Waals surface area contributed by atoms with Crippen LogP contribution < -0.4 is 10.1 Å². The SMILES string of the molecule is CN(C)S(=O)(=O)c1ccc(C=CC(=O)Nc2ccc(F)cc2OCC(F)(F)F)cc1. The lowest BCUT2D eigenvalue weighted by atomic mass is 10.2. The topological polar surface area (TPSA) is 75.7 Å². The molecule has 0 aliphatic heterocycles. The molecule has 2 rings (SSSR count). The van der Waals surface area contributed by atoms with Crippen LogP contribution in [0.5, 0.6) is 5.75 Å². The first-order valence-electron chi connectivity index (χ1n) is 8.39. The maximum atomic E-state index is 13.3. The largest absolute Gasteiger partial charge is 0.482 e. The van der Waals surface area contributed by atoms with Crippen LogP contribution >= 0.6 is 0 Å². The Balaban J connectivity index is 2.10. The molecular formula is C19H18F4N2O4S. The Morgan fingerprint density at radius 3 is 2.33 bits per heavy atom. The smallest absolute Gasteiger partial charge is 0.422 e. The number of ether oxygens (including phenoxy) is 1. The van der Waals surface area contributed by atoms with Crippen molar-refractivity contribution in [2.24, 2.45) is 0 Å². The zero-order valence-corrected chi connectivity index (χ0v) is 16.7. The molecule has 30 heavy (non-hydrogen) atoms. The summed E-state index contributed by atoms with van der Waals surface area (Å²) in [6.45, 7) is -1.64. The molecule has 0 saturated carbocycles. The van der Waals surface area contributed by atoms with Gasteiger partial charge in [-0.25, -0.2) is 17.1 Å². The summed E-state index contributed by atoms with van der Waals surface area (Å²) < 4.78 is 80.0. The number of halogens is 4. The minimum atomic E-state index is -4.63. The van der Waals surface area contributed by atoms with Gasteiger partial charge in [-0.1, -0.05) is 12.1 Å². The third-order valence-electron chi connectivity index (χ3n) is 3.68. The van der Waals surface area contributed by atoms with Crippen LogP contribution in [-0.2, 0) is 14.8 Å². The fraction of sp³-hybridized carbons (Fsp3) is 0.211. The van der Waals surface area contributed by atoms with E-state index in [1.807, 2.05) is 0 Å². The van der Waals surface area contributed by atoms with Gasteiger partial charge in [0.05, 0.1) is 10.6 Å². The van der Waals surface area contributed by atoms with E-state index in [2.05, 4.69) is 10.1 Å². The summed E-state index contributed by atoms with van der Waals surface area (Å²) in [5.74, 6) is -2.00. The standard InChI is InChI=1S/C19H18F4N2O4S/c1-25(2)30(27,28)15-7-3-13(4-8-15)5-10-18(26)24-16-9-6-14(20)11-17(16)29-12-19(21,22)23/h3-11H,12H2,1-2H3,(H,24,26). The number of carbonyl (C=O) groups is 1. The summed E-state index contributed by atoms with van der Waals surface area (Å²) in [7, 11) is -0.788. The van der Waals surface area contributed by atoms with Crippen molar-refractivity contribution in [1.29, 1.82) is 0 Å². The summed E-state index contributed by atoms with van der Waals surface area (Å²) in [6, 6.07) is 8.48. The minimum absolute atomic E-state index is 0.0758. The Morgan fingerprint density at radius 2 is 1.77 bits per heavy atom. The Bertz CT molecular complexity index is 1030. The van der Waals surface area contributed by atoms with Crippen molar-refractivity contribution in [3.05, 3.63) is 59.9 Å². The molecule has 6 nitrogen and oxygen atoms in total.